The molecule has 2 aliphatic rings. The fourth-order valence-corrected chi connectivity index (χ4v) is 3.81. The number of rotatable bonds is 2. The van der Waals surface area contributed by atoms with Gasteiger partial charge in [0.25, 0.3) is 0 Å². The van der Waals surface area contributed by atoms with Crippen molar-refractivity contribution in [3.8, 4) is 0 Å². The fraction of sp³-hybridized carbons (Fsp3) is 0.667. The first-order chi connectivity index (χ1) is 9.22. The number of nitrogens with zero attached hydrogens (tertiary/aromatic N) is 2. The van der Waals surface area contributed by atoms with Crippen LogP contribution in [0, 0.1) is 11.8 Å². The third kappa shape index (κ3) is 3.03. The maximum Gasteiger partial charge on any atom is 0.123 e. The zero-order chi connectivity index (χ0) is 13.2. The molecule has 0 amide bonds. The molecule has 104 valence electrons. The smallest absolute Gasteiger partial charge is 0.123 e. The highest BCUT2D eigenvalue weighted by Gasteiger charge is 2.31. The predicted molar refractivity (Wildman–Crippen MR) is 79.0 cm³/mol. The van der Waals surface area contributed by atoms with Gasteiger partial charge in [0.15, 0.2) is 0 Å². The first kappa shape index (κ1) is 13.2. The number of fused-ring (bicyclic) bond motifs is 1. The van der Waals surface area contributed by atoms with E-state index in [0.29, 0.717) is 5.82 Å². The molecule has 1 aromatic rings. The van der Waals surface area contributed by atoms with E-state index < -0.39 is 0 Å². The highest BCUT2D eigenvalue weighted by molar-refractivity contribution is 6.31. The minimum absolute atomic E-state index is 0.562. The molecule has 0 bridgehead atoms. The second-order valence-electron chi connectivity index (χ2n) is 5.99. The number of likely N-dealkylation sites (tertiary alicyclic amines) is 1. The standard InChI is InChI=1S/C15H22ClN3/c16-13-5-6-15(17)18-14(13)10-19-8-7-11-3-1-2-4-12(11)9-19/h5-6,11-12H,1-4,7-10H2,(H2,17,18). The van der Waals surface area contributed by atoms with Crippen molar-refractivity contribution in [3.05, 3.63) is 22.8 Å². The summed E-state index contributed by atoms with van der Waals surface area (Å²) >= 11 is 6.21. The molecule has 1 saturated heterocycles. The summed E-state index contributed by atoms with van der Waals surface area (Å²) in [5.74, 6) is 2.42. The second-order valence-corrected chi connectivity index (χ2v) is 6.40. The predicted octanol–water partition coefficient (Wildman–Crippen LogP) is 3.33. The van der Waals surface area contributed by atoms with Crippen molar-refractivity contribution in [1.29, 1.82) is 0 Å². The molecule has 3 nitrogen and oxygen atoms in total. The normalized spacial score (nSPS) is 28.1. The SMILES string of the molecule is Nc1ccc(Cl)c(CN2CCC3CCCCC3C2)n1. The van der Waals surface area contributed by atoms with Gasteiger partial charge in [-0.3, -0.25) is 4.90 Å². The van der Waals surface area contributed by atoms with Crippen molar-refractivity contribution in [3.63, 3.8) is 0 Å². The Morgan fingerprint density at radius 2 is 2.00 bits per heavy atom. The first-order valence-electron chi connectivity index (χ1n) is 7.35. The molecule has 1 saturated carbocycles. The molecule has 19 heavy (non-hydrogen) atoms. The van der Waals surface area contributed by atoms with Gasteiger partial charge < -0.3 is 5.73 Å². The summed E-state index contributed by atoms with van der Waals surface area (Å²) in [6, 6.07) is 3.62. The highest BCUT2D eigenvalue weighted by Crippen LogP contribution is 2.36. The van der Waals surface area contributed by atoms with E-state index in [9.17, 15) is 0 Å². The van der Waals surface area contributed by atoms with Gasteiger partial charge >= 0.3 is 0 Å². The number of aromatic nitrogens is 1. The van der Waals surface area contributed by atoms with Gasteiger partial charge in [0.2, 0.25) is 0 Å². The molecular formula is C15H22ClN3. The Kier molecular flexibility index (Phi) is 3.94. The zero-order valence-electron chi connectivity index (χ0n) is 11.3. The molecular weight excluding hydrogens is 258 g/mol. The van der Waals surface area contributed by atoms with Crippen molar-refractivity contribution >= 4 is 17.4 Å². The molecule has 0 radical (unpaired) electrons. The van der Waals surface area contributed by atoms with E-state index in [0.717, 1.165) is 29.1 Å². The number of piperidine rings is 1. The lowest BCUT2D eigenvalue weighted by Gasteiger charge is -2.41. The van der Waals surface area contributed by atoms with Crippen molar-refractivity contribution in [2.75, 3.05) is 18.8 Å². The number of hydrogen-bond acceptors (Lipinski definition) is 3. The third-order valence-electron chi connectivity index (χ3n) is 4.69. The van der Waals surface area contributed by atoms with E-state index in [1.807, 2.05) is 6.07 Å². The van der Waals surface area contributed by atoms with Crippen molar-refractivity contribution in [2.24, 2.45) is 11.8 Å². The molecule has 1 aromatic heterocycles. The molecule has 2 heterocycles. The first-order valence-corrected chi connectivity index (χ1v) is 7.73. The molecule has 2 N–H and O–H groups in total. The number of hydrogen-bond donors (Lipinski definition) is 1. The Bertz CT molecular complexity index is 449. The maximum absolute atomic E-state index is 6.21. The van der Waals surface area contributed by atoms with Gasteiger partial charge in [-0.05, 0) is 43.4 Å². The van der Waals surface area contributed by atoms with E-state index in [1.54, 1.807) is 6.07 Å². The summed E-state index contributed by atoms with van der Waals surface area (Å²) < 4.78 is 0. The van der Waals surface area contributed by atoms with Gasteiger partial charge in [0.1, 0.15) is 5.82 Å². The van der Waals surface area contributed by atoms with Crippen molar-refractivity contribution < 1.29 is 0 Å². The molecule has 4 heteroatoms. The Balaban J connectivity index is 1.65. The Morgan fingerprint density at radius 1 is 1.21 bits per heavy atom. The second kappa shape index (κ2) is 5.68. The minimum Gasteiger partial charge on any atom is -0.384 e. The van der Waals surface area contributed by atoms with Crippen LogP contribution < -0.4 is 5.73 Å². The van der Waals surface area contributed by atoms with Crippen molar-refractivity contribution in [2.45, 2.75) is 38.6 Å². The molecule has 2 fully saturated rings. The Labute approximate surface area is 120 Å². The summed E-state index contributed by atoms with van der Waals surface area (Å²) in [4.78, 5) is 6.88. The van der Waals surface area contributed by atoms with Crippen LogP contribution >= 0.6 is 11.6 Å². The number of nitrogens with two attached hydrogens (primary N) is 1. The van der Waals surface area contributed by atoms with E-state index in [1.165, 1.54) is 45.2 Å². The maximum atomic E-state index is 6.21. The van der Waals surface area contributed by atoms with Crippen molar-refractivity contribution in [1.82, 2.24) is 9.88 Å². The van der Waals surface area contributed by atoms with Crippen LogP contribution in [0.15, 0.2) is 12.1 Å². The fourth-order valence-electron chi connectivity index (χ4n) is 3.64. The van der Waals surface area contributed by atoms with Crippen LogP contribution in [-0.4, -0.2) is 23.0 Å². The van der Waals surface area contributed by atoms with E-state index in [-0.39, 0.29) is 0 Å². The third-order valence-corrected chi connectivity index (χ3v) is 5.03. The van der Waals surface area contributed by atoms with Crippen LogP contribution in [0.25, 0.3) is 0 Å². The van der Waals surface area contributed by atoms with Gasteiger partial charge in [-0.2, -0.15) is 0 Å². The summed E-state index contributed by atoms with van der Waals surface area (Å²) in [6.07, 6.45) is 7.02. The number of halogens is 1. The Hall–Kier alpha value is -0.800. The molecule has 1 aliphatic heterocycles. The van der Waals surface area contributed by atoms with Crippen LogP contribution in [0.2, 0.25) is 5.02 Å². The van der Waals surface area contributed by atoms with Crippen LogP contribution in [0.4, 0.5) is 5.82 Å². The number of nitrogen functional groups attached to an aromatic ring is 1. The monoisotopic (exact) mass is 279 g/mol. The molecule has 0 aromatic carbocycles. The number of anilines is 1. The summed E-state index contributed by atoms with van der Waals surface area (Å²) in [6.45, 7) is 3.22. The minimum atomic E-state index is 0.562. The zero-order valence-corrected chi connectivity index (χ0v) is 12.1. The number of pyridine rings is 1. The Morgan fingerprint density at radius 3 is 2.84 bits per heavy atom. The lowest BCUT2D eigenvalue weighted by Crippen LogP contribution is -2.41. The van der Waals surface area contributed by atoms with Crippen LogP contribution in [0.1, 0.15) is 37.8 Å². The average Bonchev–Trinajstić information content (AvgIpc) is 2.43. The van der Waals surface area contributed by atoms with Gasteiger partial charge in [-0.15, -0.1) is 0 Å². The summed E-state index contributed by atoms with van der Waals surface area (Å²) in [5.41, 5.74) is 6.68. The largest absolute Gasteiger partial charge is 0.384 e. The van der Waals surface area contributed by atoms with E-state index in [4.69, 9.17) is 17.3 Å². The van der Waals surface area contributed by atoms with Gasteiger partial charge in [0.05, 0.1) is 10.7 Å². The summed E-state index contributed by atoms with van der Waals surface area (Å²) in [5, 5.41) is 0.736. The molecule has 3 rings (SSSR count). The topological polar surface area (TPSA) is 42.1 Å². The molecule has 1 aliphatic carbocycles. The van der Waals surface area contributed by atoms with Gasteiger partial charge in [-0.25, -0.2) is 4.98 Å². The lowest BCUT2D eigenvalue weighted by atomic mass is 9.75. The molecule has 0 spiro atoms. The van der Waals surface area contributed by atoms with E-state index >= 15 is 0 Å². The van der Waals surface area contributed by atoms with Crippen LogP contribution in [0.3, 0.4) is 0 Å². The van der Waals surface area contributed by atoms with Crippen LogP contribution in [0.5, 0.6) is 0 Å². The molecule has 2 atom stereocenters. The summed E-state index contributed by atoms with van der Waals surface area (Å²) in [7, 11) is 0. The highest BCUT2D eigenvalue weighted by atomic mass is 35.5. The van der Waals surface area contributed by atoms with Crippen LogP contribution in [-0.2, 0) is 6.54 Å². The molecule has 2 unspecified atom stereocenters. The van der Waals surface area contributed by atoms with E-state index in [2.05, 4.69) is 9.88 Å². The van der Waals surface area contributed by atoms with Gasteiger partial charge in [-0.1, -0.05) is 30.9 Å². The van der Waals surface area contributed by atoms with Gasteiger partial charge in [0, 0.05) is 13.1 Å². The average molecular weight is 280 g/mol. The quantitative estimate of drug-likeness (QED) is 0.903. The lowest BCUT2D eigenvalue weighted by molar-refractivity contribution is 0.0813.